The summed E-state index contributed by atoms with van der Waals surface area (Å²) in [5.74, 6) is 0. The maximum Gasteiger partial charge on any atom is 0.0631 e. The third-order valence-corrected chi connectivity index (χ3v) is 4.52. The number of anilines is 1. The van der Waals surface area contributed by atoms with Gasteiger partial charge in [-0.05, 0) is 48.5 Å². The number of benzene rings is 2. The molecule has 0 bridgehead atoms. The van der Waals surface area contributed by atoms with Gasteiger partial charge in [-0.15, -0.1) is 0 Å². The average Bonchev–Trinajstić information content (AvgIpc) is 2.62. The van der Waals surface area contributed by atoms with E-state index >= 15 is 0 Å². The highest BCUT2D eigenvalue weighted by Gasteiger charge is 2.15. The molecule has 0 saturated carbocycles. The third kappa shape index (κ3) is 4.34. The highest BCUT2D eigenvalue weighted by Crippen LogP contribution is 2.21. The number of aliphatic imine (C=N–C) groups is 1. The summed E-state index contributed by atoms with van der Waals surface area (Å²) in [5, 5.41) is 0.745. The van der Waals surface area contributed by atoms with E-state index in [1.165, 1.54) is 5.69 Å². The van der Waals surface area contributed by atoms with Crippen LogP contribution in [0.4, 0.5) is 11.4 Å². The first-order valence-electron chi connectivity index (χ1n) is 8.11. The highest BCUT2D eigenvalue weighted by atomic mass is 35.5. The topological polar surface area (TPSA) is 18.8 Å². The Morgan fingerprint density at radius 2 is 1.61 bits per heavy atom. The first-order valence-corrected chi connectivity index (χ1v) is 8.49. The van der Waals surface area contributed by atoms with Gasteiger partial charge in [-0.2, -0.15) is 0 Å². The highest BCUT2D eigenvalue weighted by molar-refractivity contribution is 6.30. The van der Waals surface area contributed by atoms with Crippen molar-refractivity contribution < 1.29 is 0 Å². The van der Waals surface area contributed by atoms with Crippen molar-refractivity contribution in [2.24, 2.45) is 4.99 Å². The lowest BCUT2D eigenvalue weighted by Gasteiger charge is -2.35. The Morgan fingerprint density at radius 1 is 0.957 bits per heavy atom. The van der Waals surface area contributed by atoms with Gasteiger partial charge in [0.15, 0.2) is 0 Å². The third-order valence-electron chi connectivity index (χ3n) is 4.27. The number of rotatable bonds is 4. The number of hydrogen-bond donors (Lipinski definition) is 0. The molecule has 120 valence electrons. The summed E-state index contributed by atoms with van der Waals surface area (Å²) in [5.41, 5.74) is 3.30. The van der Waals surface area contributed by atoms with Gasteiger partial charge in [0.25, 0.3) is 0 Å². The van der Waals surface area contributed by atoms with E-state index in [9.17, 15) is 0 Å². The Hall–Kier alpha value is -1.84. The Bertz CT molecular complexity index is 641. The minimum absolute atomic E-state index is 0.745. The van der Waals surface area contributed by atoms with Crippen LogP contribution in [0.15, 0.2) is 53.5 Å². The molecule has 0 unspecified atom stereocenters. The molecule has 0 radical (unpaired) electrons. The zero-order chi connectivity index (χ0) is 16.1. The number of hydrogen-bond acceptors (Lipinski definition) is 3. The van der Waals surface area contributed by atoms with E-state index in [2.05, 4.69) is 46.0 Å². The molecule has 1 aliphatic rings. The van der Waals surface area contributed by atoms with Gasteiger partial charge >= 0.3 is 0 Å². The predicted octanol–water partition coefficient (Wildman–Crippen LogP) is 4.23. The molecule has 3 rings (SSSR count). The number of piperazine rings is 1. The zero-order valence-electron chi connectivity index (χ0n) is 13.5. The minimum Gasteiger partial charge on any atom is -0.369 e. The van der Waals surface area contributed by atoms with Crippen LogP contribution in [0.2, 0.25) is 5.02 Å². The Kier molecular flexibility index (Phi) is 5.31. The average molecular weight is 328 g/mol. The molecule has 1 fully saturated rings. The molecule has 2 aromatic rings. The monoisotopic (exact) mass is 327 g/mol. The molecule has 1 saturated heterocycles. The van der Waals surface area contributed by atoms with Crippen molar-refractivity contribution in [3.63, 3.8) is 0 Å². The molecule has 4 heteroatoms. The molecular formula is C19H22ClN3. The van der Waals surface area contributed by atoms with Gasteiger partial charge in [-0.3, -0.25) is 4.99 Å². The van der Waals surface area contributed by atoms with E-state index in [1.54, 1.807) is 0 Å². The Labute approximate surface area is 143 Å². The Balaban J connectivity index is 1.62. The van der Waals surface area contributed by atoms with Gasteiger partial charge in [-0.1, -0.05) is 30.7 Å². The van der Waals surface area contributed by atoms with E-state index in [-0.39, 0.29) is 0 Å². The zero-order valence-corrected chi connectivity index (χ0v) is 14.2. The van der Waals surface area contributed by atoms with Crippen molar-refractivity contribution in [1.82, 2.24) is 4.90 Å². The van der Waals surface area contributed by atoms with Gasteiger partial charge in [0, 0.05) is 43.1 Å². The standard InChI is InChI=1S/C19H22ClN3/c1-2-22-11-13-23(14-12-22)19-9-7-18(8-10-19)21-15-16-3-5-17(20)6-4-16/h3-10,15H,2,11-14H2,1H3. The van der Waals surface area contributed by atoms with Crippen LogP contribution in [0.25, 0.3) is 0 Å². The fraction of sp³-hybridized carbons (Fsp3) is 0.316. The summed E-state index contributed by atoms with van der Waals surface area (Å²) >= 11 is 5.89. The molecule has 3 nitrogen and oxygen atoms in total. The van der Waals surface area contributed by atoms with Gasteiger partial charge in [0.2, 0.25) is 0 Å². The number of halogens is 1. The van der Waals surface area contributed by atoms with Crippen LogP contribution in [0.5, 0.6) is 0 Å². The SMILES string of the molecule is CCN1CCN(c2ccc(N=Cc3ccc(Cl)cc3)cc2)CC1. The summed E-state index contributed by atoms with van der Waals surface area (Å²) < 4.78 is 0. The first kappa shape index (κ1) is 16.0. The molecule has 0 N–H and O–H groups in total. The van der Waals surface area contributed by atoms with Crippen LogP contribution >= 0.6 is 11.6 Å². The van der Waals surface area contributed by atoms with Gasteiger partial charge in [-0.25, -0.2) is 0 Å². The fourth-order valence-electron chi connectivity index (χ4n) is 2.77. The second kappa shape index (κ2) is 7.62. The van der Waals surface area contributed by atoms with Crippen LogP contribution in [0.1, 0.15) is 12.5 Å². The van der Waals surface area contributed by atoms with Crippen LogP contribution in [-0.4, -0.2) is 43.8 Å². The van der Waals surface area contributed by atoms with Gasteiger partial charge in [0.1, 0.15) is 0 Å². The lowest BCUT2D eigenvalue weighted by Crippen LogP contribution is -2.46. The lowest BCUT2D eigenvalue weighted by molar-refractivity contribution is 0.271. The lowest BCUT2D eigenvalue weighted by atomic mass is 10.2. The summed E-state index contributed by atoms with van der Waals surface area (Å²) in [7, 11) is 0. The van der Waals surface area contributed by atoms with Crippen LogP contribution in [-0.2, 0) is 0 Å². The van der Waals surface area contributed by atoms with E-state index < -0.39 is 0 Å². The van der Waals surface area contributed by atoms with Crippen LogP contribution in [0.3, 0.4) is 0 Å². The van der Waals surface area contributed by atoms with Crippen molar-refractivity contribution in [1.29, 1.82) is 0 Å². The normalized spacial score (nSPS) is 16.2. The van der Waals surface area contributed by atoms with E-state index in [0.29, 0.717) is 0 Å². The van der Waals surface area contributed by atoms with Crippen molar-refractivity contribution in [2.45, 2.75) is 6.92 Å². The molecule has 0 spiro atoms. The number of likely N-dealkylation sites (N-methyl/N-ethyl adjacent to an activating group) is 1. The van der Waals surface area contributed by atoms with Gasteiger partial charge < -0.3 is 9.80 Å². The minimum atomic E-state index is 0.745. The van der Waals surface area contributed by atoms with Crippen LogP contribution in [0, 0.1) is 0 Å². The maximum absolute atomic E-state index is 5.89. The van der Waals surface area contributed by atoms with E-state index in [4.69, 9.17) is 11.6 Å². The molecule has 1 aliphatic heterocycles. The summed E-state index contributed by atoms with van der Waals surface area (Å²) in [6, 6.07) is 16.2. The largest absolute Gasteiger partial charge is 0.369 e. The molecule has 23 heavy (non-hydrogen) atoms. The smallest absolute Gasteiger partial charge is 0.0631 e. The van der Waals surface area contributed by atoms with E-state index in [1.807, 2.05) is 30.5 Å². The van der Waals surface area contributed by atoms with Crippen molar-refractivity contribution in [3.05, 3.63) is 59.1 Å². The summed E-state index contributed by atoms with van der Waals surface area (Å²) in [6.07, 6.45) is 1.87. The van der Waals surface area contributed by atoms with Crippen molar-refractivity contribution >= 4 is 29.2 Å². The maximum atomic E-state index is 5.89. The van der Waals surface area contributed by atoms with Gasteiger partial charge in [0.05, 0.1) is 5.69 Å². The predicted molar refractivity (Wildman–Crippen MR) is 99.5 cm³/mol. The molecule has 1 heterocycles. The molecule has 0 amide bonds. The van der Waals surface area contributed by atoms with Crippen molar-refractivity contribution in [3.8, 4) is 0 Å². The van der Waals surface area contributed by atoms with Crippen LogP contribution < -0.4 is 4.90 Å². The first-order chi connectivity index (χ1) is 11.2. The molecular weight excluding hydrogens is 306 g/mol. The molecule has 2 aromatic carbocycles. The summed E-state index contributed by atoms with van der Waals surface area (Å²) in [6.45, 7) is 7.86. The van der Waals surface area contributed by atoms with E-state index in [0.717, 1.165) is 49.0 Å². The second-order valence-electron chi connectivity index (χ2n) is 5.75. The summed E-state index contributed by atoms with van der Waals surface area (Å²) in [4.78, 5) is 9.45. The molecule has 0 aromatic heterocycles. The quantitative estimate of drug-likeness (QED) is 0.782. The second-order valence-corrected chi connectivity index (χ2v) is 6.18. The molecule has 0 atom stereocenters. The fourth-order valence-corrected chi connectivity index (χ4v) is 2.90. The Morgan fingerprint density at radius 3 is 2.22 bits per heavy atom. The molecule has 0 aliphatic carbocycles. The van der Waals surface area contributed by atoms with Crippen molar-refractivity contribution in [2.75, 3.05) is 37.6 Å². The number of nitrogens with zero attached hydrogens (tertiary/aromatic N) is 3.